The molecule has 1 aromatic heterocycles. The standard InChI is InChI=1S/C23H26BrFN2O4/c1-5-30-21(28)18-11-17(18)20-9-7-16(12-26-20)27(22(29)31-23(2,3)4)13-14-10-15(24)6-8-19(14)25/h6-10,12,17-18H,5,11,13H2,1-4H3/t17-,18-/m0/s1. The Labute approximate surface area is 189 Å². The zero-order valence-electron chi connectivity index (χ0n) is 18.0. The number of pyridine rings is 1. The Morgan fingerprint density at radius 1 is 1.26 bits per heavy atom. The van der Waals surface area contributed by atoms with Crippen molar-refractivity contribution in [3.63, 3.8) is 0 Å². The lowest BCUT2D eigenvalue weighted by Gasteiger charge is -2.27. The average Bonchev–Trinajstić information content (AvgIpc) is 3.48. The van der Waals surface area contributed by atoms with Crippen LogP contribution in [-0.2, 0) is 20.8 Å². The van der Waals surface area contributed by atoms with Gasteiger partial charge in [-0.25, -0.2) is 9.18 Å². The first kappa shape index (κ1) is 23.2. The largest absolute Gasteiger partial charge is 0.466 e. The van der Waals surface area contributed by atoms with Gasteiger partial charge in [-0.15, -0.1) is 0 Å². The predicted octanol–water partition coefficient (Wildman–Crippen LogP) is 5.59. The van der Waals surface area contributed by atoms with E-state index in [4.69, 9.17) is 9.47 Å². The minimum Gasteiger partial charge on any atom is -0.466 e. The van der Waals surface area contributed by atoms with Crippen molar-refractivity contribution >= 4 is 33.7 Å². The zero-order valence-corrected chi connectivity index (χ0v) is 19.6. The monoisotopic (exact) mass is 492 g/mol. The third kappa shape index (κ3) is 6.03. The molecule has 1 aliphatic carbocycles. The summed E-state index contributed by atoms with van der Waals surface area (Å²) in [5, 5.41) is 0. The van der Waals surface area contributed by atoms with E-state index in [1.807, 2.05) is 0 Å². The van der Waals surface area contributed by atoms with Crippen LogP contribution in [0.3, 0.4) is 0 Å². The minimum atomic E-state index is -0.709. The van der Waals surface area contributed by atoms with Gasteiger partial charge < -0.3 is 9.47 Å². The molecule has 1 amide bonds. The lowest BCUT2D eigenvalue weighted by Crippen LogP contribution is -2.36. The van der Waals surface area contributed by atoms with Gasteiger partial charge in [0.15, 0.2) is 0 Å². The van der Waals surface area contributed by atoms with Crippen LogP contribution < -0.4 is 4.90 Å². The van der Waals surface area contributed by atoms with Crippen LogP contribution in [0.25, 0.3) is 0 Å². The first-order valence-corrected chi connectivity index (χ1v) is 11.0. The minimum absolute atomic E-state index is 0.0178. The molecule has 0 bridgehead atoms. The van der Waals surface area contributed by atoms with Crippen molar-refractivity contribution in [3.05, 3.63) is 58.1 Å². The van der Waals surface area contributed by atoms with Crippen LogP contribution in [-0.4, -0.2) is 29.3 Å². The predicted molar refractivity (Wildman–Crippen MR) is 118 cm³/mol. The lowest BCUT2D eigenvalue weighted by molar-refractivity contribution is -0.144. The van der Waals surface area contributed by atoms with Gasteiger partial charge >= 0.3 is 12.1 Å². The number of hydrogen-bond acceptors (Lipinski definition) is 5. The summed E-state index contributed by atoms with van der Waals surface area (Å²) >= 11 is 3.34. The summed E-state index contributed by atoms with van der Waals surface area (Å²) in [7, 11) is 0. The zero-order chi connectivity index (χ0) is 22.8. The second-order valence-corrected chi connectivity index (χ2v) is 9.36. The van der Waals surface area contributed by atoms with Crippen LogP contribution in [0, 0.1) is 11.7 Å². The molecule has 0 unspecified atom stereocenters. The normalized spacial score (nSPS) is 17.7. The molecule has 0 radical (unpaired) electrons. The highest BCUT2D eigenvalue weighted by Crippen LogP contribution is 2.47. The Hall–Kier alpha value is -2.48. The van der Waals surface area contributed by atoms with Crippen molar-refractivity contribution in [2.75, 3.05) is 11.5 Å². The van der Waals surface area contributed by atoms with Crippen LogP contribution in [0.4, 0.5) is 14.9 Å². The number of anilines is 1. The molecule has 31 heavy (non-hydrogen) atoms. The third-order valence-electron chi connectivity index (χ3n) is 4.79. The summed E-state index contributed by atoms with van der Waals surface area (Å²) in [5.74, 6) is -0.780. The molecule has 8 heteroatoms. The Bertz CT molecular complexity index is 959. The fourth-order valence-electron chi connectivity index (χ4n) is 3.22. The van der Waals surface area contributed by atoms with E-state index in [1.165, 1.54) is 11.0 Å². The number of esters is 1. The van der Waals surface area contributed by atoms with E-state index in [9.17, 15) is 14.0 Å². The first-order chi connectivity index (χ1) is 14.6. The number of amides is 1. The van der Waals surface area contributed by atoms with E-state index in [1.54, 1.807) is 58.2 Å². The van der Waals surface area contributed by atoms with Crippen LogP contribution >= 0.6 is 15.9 Å². The Morgan fingerprint density at radius 3 is 2.61 bits per heavy atom. The maximum atomic E-state index is 14.3. The van der Waals surface area contributed by atoms with Crippen LogP contribution in [0.1, 0.15) is 51.3 Å². The van der Waals surface area contributed by atoms with Crippen LogP contribution in [0.2, 0.25) is 0 Å². The van der Waals surface area contributed by atoms with Gasteiger partial charge in [-0.2, -0.15) is 0 Å². The third-order valence-corrected chi connectivity index (χ3v) is 5.29. The fourth-order valence-corrected chi connectivity index (χ4v) is 3.63. The highest BCUT2D eigenvalue weighted by atomic mass is 79.9. The topological polar surface area (TPSA) is 68.7 Å². The molecule has 6 nitrogen and oxygen atoms in total. The van der Waals surface area contributed by atoms with E-state index in [2.05, 4.69) is 20.9 Å². The number of hydrogen-bond donors (Lipinski definition) is 0. The van der Waals surface area contributed by atoms with Gasteiger partial charge in [-0.05, 0) is 64.4 Å². The lowest BCUT2D eigenvalue weighted by atomic mass is 10.1. The molecule has 0 aliphatic heterocycles. The summed E-state index contributed by atoms with van der Waals surface area (Å²) in [6.45, 7) is 7.43. The number of rotatable bonds is 6. The van der Waals surface area contributed by atoms with Crippen molar-refractivity contribution in [2.24, 2.45) is 5.92 Å². The van der Waals surface area contributed by atoms with Crippen molar-refractivity contribution < 1.29 is 23.5 Å². The second-order valence-electron chi connectivity index (χ2n) is 8.44. The van der Waals surface area contributed by atoms with Gasteiger partial charge in [0, 0.05) is 21.6 Å². The quantitative estimate of drug-likeness (QED) is 0.491. The Kier molecular flexibility index (Phi) is 6.99. The molecule has 1 aliphatic rings. The van der Waals surface area contributed by atoms with Crippen LogP contribution in [0.5, 0.6) is 0 Å². The summed E-state index contributed by atoms with van der Waals surface area (Å²) in [5.41, 5.74) is 0.874. The van der Waals surface area contributed by atoms with Crippen molar-refractivity contribution in [3.8, 4) is 0 Å². The highest BCUT2D eigenvalue weighted by molar-refractivity contribution is 9.10. The molecule has 1 aromatic carbocycles. The van der Waals surface area contributed by atoms with Gasteiger partial charge in [0.05, 0.1) is 31.0 Å². The van der Waals surface area contributed by atoms with E-state index in [-0.39, 0.29) is 24.3 Å². The van der Waals surface area contributed by atoms with E-state index in [0.717, 1.165) is 5.69 Å². The molecule has 2 aromatic rings. The summed E-state index contributed by atoms with van der Waals surface area (Å²) in [6, 6.07) is 8.10. The number of nitrogens with zero attached hydrogens (tertiary/aromatic N) is 2. The molecule has 166 valence electrons. The van der Waals surface area contributed by atoms with Gasteiger partial charge in [-0.1, -0.05) is 15.9 Å². The van der Waals surface area contributed by atoms with Gasteiger partial charge in [-0.3, -0.25) is 14.7 Å². The average molecular weight is 493 g/mol. The van der Waals surface area contributed by atoms with E-state index < -0.39 is 17.5 Å². The van der Waals surface area contributed by atoms with E-state index in [0.29, 0.717) is 28.8 Å². The smallest absolute Gasteiger partial charge is 0.415 e. The van der Waals surface area contributed by atoms with Crippen molar-refractivity contribution in [1.82, 2.24) is 4.98 Å². The summed E-state index contributed by atoms with van der Waals surface area (Å²) in [4.78, 5) is 30.6. The molecular formula is C23H26BrFN2O4. The summed E-state index contributed by atoms with van der Waals surface area (Å²) in [6.07, 6.45) is 1.65. The van der Waals surface area contributed by atoms with E-state index >= 15 is 0 Å². The molecule has 1 fully saturated rings. The fraction of sp³-hybridized carbons (Fsp3) is 0.435. The number of benzene rings is 1. The second kappa shape index (κ2) is 9.34. The molecule has 1 saturated carbocycles. The first-order valence-electron chi connectivity index (χ1n) is 10.2. The Balaban J connectivity index is 1.83. The number of carbonyl (C=O) groups is 2. The van der Waals surface area contributed by atoms with Gasteiger partial charge in [0.2, 0.25) is 0 Å². The molecule has 0 spiro atoms. The van der Waals surface area contributed by atoms with Crippen molar-refractivity contribution in [1.29, 1.82) is 0 Å². The maximum Gasteiger partial charge on any atom is 0.415 e. The molecule has 0 saturated heterocycles. The molecule has 2 atom stereocenters. The summed E-state index contributed by atoms with van der Waals surface area (Å²) < 4.78 is 25.7. The number of carbonyl (C=O) groups excluding carboxylic acids is 2. The van der Waals surface area contributed by atoms with Crippen molar-refractivity contribution in [2.45, 2.75) is 52.2 Å². The maximum absolute atomic E-state index is 14.3. The van der Waals surface area contributed by atoms with Crippen LogP contribution in [0.15, 0.2) is 41.0 Å². The SMILES string of the molecule is CCOC(=O)[C@H]1C[C@@H]1c1ccc(N(Cc2cc(Br)ccc2F)C(=O)OC(C)(C)C)cn1. The highest BCUT2D eigenvalue weighted by Gasteiger charge is 2.46. The molecule has 0 N–H and O–H groups in total. The molecular weight excluding hydrogens is 467 g/mol. The number of aromatic nitrogens is 1. The van der Waals surface area contributed by atoms with Gasteiger partial charge in [0.25, 0.3) is 0 Å². The number of ether oxygens (including phenoxy) is 2. The molecule has 3 rings (SSSR count). The Morgan fingerprint density at radius 2 is 2.00 bits per heavy atom. The molecule has 1 heterocycles. The number of halogens is 2. The van der Waals surface area contributed by atoms with Gasteiger partial charge in [0.1, 0.15) is 11.4 Å².